The van der Waals surface area contributed by atoms with Crippen LogP contribution in [0.1, 0.15) is 19.3 Å². The highest BCUT2D eigenvalue weighted by molar-refractivity contribution is 5.97. The molecule has 0 aromatic rings. The first kappa shape index (κ1) is 27.2. The molecule has 0 radical (unpaired) electrons. The van der Waals surface area contributed by atoms with Gasteiger partial charge in [-0.1, -0.05) is 0 Å². The van der Waals surface area contributed by atoms with E-state index in [4.69, 9.17) is 28.0 Å². The van der Waals surface area contributed by atoms with Gasteiger partial charge in [0, 0.05) is 0 Å². The molecule has 4 atom stereocenters. The van der Waals surface area contributed by atoms with Crippen LogP contribution in [0.5, 0.6) is 0 Å². The third kappa shape index (κ3) is 10.5. The van der Waals surface area contributed by atoms with Crippen molar-refractivity contribution in [3.63, 3.8) is 0 Å². The number of hydrogen-bond acceptors (Lipinski definition) is 9. The fourth-order valence-corrected chi connectivity index (χ4v) is 2.14. The number of hydrogen-bond donors (Lipinski definition) is 9. The summed E-state index contributed by atoms with van der Waals surface area (Å²) in [4.78, 5) is 80.5. The van der Waals surface area contributed by atoms with Gasteiger partial charge in [0.05, 0.1) is 31.9 Å². The molecule has 0 aromatic heterocycles. The Labute approximate surface area is 175 Å². The molecule has 0 aliphatic carbocycles. The van der Waals surface area contributed by atoms with E-state index < -0.39 is 91.4 Å². The molecule has 0 aliphatic heterocycles. The second-order valence-electron chi connectivity index (χ2n) is 6.32. The number of amides is 6. The molecule has 0 fully saturated rings. The smallest absolute Gasteiger partial charge is 0.326 e. The fraction of sp³-hybridized carbons (Fsp3) is 0.533. The molecule has 0 aromatic carbocycles. The zero-order valence-electron chi connectivity index (χ0n) is 16.2. The Bertz CT molecular complexity index is 742. The predicted molar refractivity (Wildman–Crippen MR) is 99.9 cm³/mol. The van der Waals surface area contributed by atoms with Crippen molar-refractivity contribution in [3.8, 4) is 0 Å². The minimum Gasteiger partial charge on any atom is -0.480 e. The van der Waals surface area contributed by atoms with Crippen LogP contribution in [0.15, 0.2) is 0 Å². The number of carbonyl (C=O) groups is 7. The molecule has 0 heterocycles. The second kappa shape index (κ2) is 12.7. The van der Waals surface area contributed by atoms with E-state index in [0.717, 1.165) is 0 Å². The third-order valence-electron chi connectivity index (χ3n) is 3.63. The Kier molecular flexibility index (Phi) is 11.2. The number of primary amides is 3. The molecule has 0 rings (SSSR count). The Morgan fingerprint density at radius 1 is 0.645 bits per heavy atom. The Morgan fingerprint density at radius 3 is 1.45 bits per heavy atom. The first-order valence-electron chi connectivity index (χ1n) is 8.63. The van der Waals surface area contributed by atoms with Gasteiger partial charge in [-0.15, -0.1) is 0 Å². The van der Waals surface area contributed by atoms with Gasteiger partial charge in [-0.05, 0) is 0 Å². The van der Waals surface area contributed by atoms with Crippen LogP contribution in [0.3, 0.4) is 0 Å². The van der Waals surface area contributed by atoms with Gasteiger partial charge in [0.25, 0.3) is 0 Å². The Balaban J connectivity index is 5.29. The molecular weight excluding hydrogens is 422 g/mol. The maximum atomic E-state index is 12.4. The van der Waals surface area contributed by atoms with Crippen LogP contribution in [-0.4, -0.2) is 82.4 Å². The number of nitrogens with two attached hydrogens (primary N) is 4. The van der Waals surface area contributed by atoms with Crippen molar-refractivity contribution in [3.05, 3.63) is 0 Å². The summed E-state index contributed by atoms with van der Waals surface area (Å²) >= 11 is 0. The summed E-state index contributed by atoms with van der Waals surface area (Å²) in [5.74, 6) is -7.95. The van der Waals surface area contributed by atoms with E-state index in [1.54, 1.807) is 0 Å². The van der Waals surface area contributed by atoms with E-state index >= 15 is 0 Å². The summed E-state index contributed by atoms with van der Waals surface area (Å²) in [6.45, 7) is -1.01. The molecule has 0 spiro atoms. The van der Waals surface area contributed by atoms with Gasteiger partial charge in [-0.25, -0.2) is 4.79 Å². The zero-order valence-corrected chi connectivity index (χ0v) is 16.2. The van der Waals surface area contributed by atoms with Crippen molar-refractivity contribution in [1.82, 2.24) is 16.0 Å². The van der Waals surface area contributed by atoms with Crippen molar-refractivity contribution < 1.29 is 43.8 Å². The molecule has 0 saturated heterocycles. The molecule has 16 heteroatoms. The fourth-order valence-electron chi connectivity index (χ4n) is 2.14. The minimum absolute atomic E-state index is 0.561. The summed E-state index contributed by atoms with van der Waals surface area (Å²) in [5, 5.41) is 24.3. The molecular formula is C15H25N7O9. The van der Waals surface area contributed by atoms with Gasteiger partial charge in [0.2, 0.25) is 35.4 Å². The number of aliphatic hydroxyl groups excluding tert-OH is 1. The van der Waals surface area contributed by atoms with Gasteiger partial charge in [0.1, 0.15) is 18.1 Å². The second-order valence-corrected chi connectivity index (χ2v) is 6.32. The lowest BCUT2D eigenvalue weighted by molar-refractivity contribution is -0.144. The van der Waals surface area contributed by atoms with Crippen molar-refractivity contribution >= 4 is 41.4 Å². The molecule has 6 amide bonds. The van der Waals surface area contributed by atoms with Crippen molar-refractivity contribution in [2.75, 3.05) is 6.61 Å². The lowest BCUT2D eigenvalue weighted by atomic mass is 10.1. The van der Waals surface area contributed by atoms with Crippen LogP contribution in [0.4, 0.5) is 0 Å². The highest BCUT2D eigenvalue weighted by Gasteiger charge is 2.31. The predicted octanol–water partition coefficient (Wildman–Crippen LogP) is -6.53. The first-order valence-corrected chi connectivity index (χ1v) is 8.63. The number of carboxylic acids is 1. The largest absolute Gasteiger partial charge is 0.480 e. The molecule has 174 valence electrons. The van der Waals surface area contributed by atoms with Gasteiger partial charge < -0.3 is 49.1 Å². The number of aliphatic carboxylic acids is 1. The maximum absolute atomic E-state index is 12.4. The number of aliphatic hydroxyl groups is 1. The lowest BCUT2D eigenvalue weighted by Crippen LogP contribution is -2.59. The standard InChI is InChI=1S/C15H25N7O9/c16-5(1-9(17)24)12(27)20-6(2-10(18)25)13(28)22-8(4-23)14(29)21-7(15(30)31)3-11(19)26/h5-8,23H,1-4,16H2,(H2,17,24)(H2,18,25)(H2,19,26)(H,20,27)(H,21,29)(H,22,28)(H,30,31). The van der Waals surface area contributed by atoms with E-state index in [9.17, 15) is 38.7 Å². The first-order chi connectivity index (χ1) is 14.3. The van der Waals surface area contributed by atoms with Crippen LogP contribution in [0.2, 0.25) is 0 Å². The van der Waals surface area contributed by atoms with Crippen molar-refractivity contribution in [2.24, 2.45) is 22.9 Å². The highest BCUT2D eigenvalue weighted by atomic mass is 16.4. The van der Waals surface area contributed by atoms with Gasteiger partial charge in [-0.2, -0.15) is 0 Å². The summed E-state index contributed by atoms with van der Waals surface area (Å²) in [6.07, 6.45) is -2.06. The summed E-state index contributed by atoms with van der Waals surface area (Å²) in [5.41, 5.74) is 20.3. The van der Waals surface area contributed by atoms with Crippen LogP contribution < -0.4 is 38.9 Å². The van der Waals surface area contributed by atoms with Crippen LogP contribution >= 0.6 is 0 Å². The summed E-state index contributed by atoms with van der Waals surface area (Å²) in [7, 11) is 0. The maximum Gasteiger partial charge on any atom is 0.326 e. The number of nitrogens with one attached hydrogen (secondary N) is 3. The van der Waals surface area contributed by atoms with Gasteiger partial charge >= 0.3 is 5.97 Å². The van der Waals surface area contributed by atoms with E-state index in [2.05, 4.69) is 5.32 Å². The SMILES string of the molecule is NC(=O)CC(N)C(=O)NC(CC(N)=O)C(=O)NC(CO)C(=O)NC(CC(N)=O)C(=O)O. The van der Waals surface area contributed by atoms with E-state index in [1.807, 2.05) is 10.6 Å². The average Bonchev–Trinajstić information content (AvgIpc) is 2.63. The molecule has 0 saturated carbocycles. The molecule has 13 N–H and O–H groups in total. The minimum atomic E-state index is -1.73. The van der Waals surface area contributed by atoms with E-state index in [0.29, 0.717) is 0 Å². The van der Waals surface area contributed by atoms with Crippen molar-refractivity contribution in [2.45, 2.75) is 43.4 Å². The Morgan fingerprint density at radius 2 is 1.03 bits per heavy atom. The topological polar surface area (TPSA) is 300 Å². The van der Waals surface area contributed by atoms with Crippen LogP contribution in [0, 0.1) is 0 Å². The molecule has 31 heavy (non-hydrogen) atoms. The average molecular weight is 447 g/mol. The third-order valence-corrected chi connectivity index (χ3v) is 3.63. The number of carboxylic acid groups (broad SMARTS) is 1. The van der Waals surface area contributed by atoms with Crippen LogP contribution in [0.25, 0.3) is 0 Å². The molecule has 0 aliphatic rings. The van der Waals surface area contributed by atoms with Crippen molar-refractivity contribution in [1.29, 1.82) is 0 Å². The lowest BCUT2D eigenvalue weighted by Gasteiger charge is -2.23. The zero-order chi connectivity index (χ0) is 24.3. The monoisotopic (exact) mass is 447 g/mol. The molecule has 16 nitrogen and oxygen atoms in total. The molecule has 0 bridgehead atoms. The van der Waals surface area contributed by atoms with E-state index in [1.165, 1.54) is 0 Å². The summed E-state index contributed by atoms with van der Waals surface area (Å²) in [6, 6.07) is -6.55. The molecule has 4 unspecified atom stereocenters. The van der Waals surface area contributed by atoms with E-state index in [-0.39, 0.29) is 0 Å². The van der Waals surface area contributed by atoms with Gasteiger partial charge in [0.15, 0.2) is 0 Å². The van der Waals surface area contributed by atoms with Gasteiger partial charge in [-0.3, -0.25) is 28.8 Å². The number of rotatable bonds is 14. The number of carbonyl (C=O) groups excluding carboxylic acids is 6. The quantitative estimate of drug-likeness (QED) is 0.121. The summed E-state index contributed by atoms with van der Waals surface area (Å²) < 4.78 is 0. The normalized spacial score (nSPS) is 14.3. The highest BCUT2D eigenvalue weighted by Crippen LogP contribution is 1.99. The Hall–Kier alpha value is -3.79. The van der Waals surface area contributed by atoms with Crippen LogP contribution in [-0.2, 0) is 33.6 Å².